The fraction of sp³-hybridized carbons (Fsp3) is 0.720. The van der Waals surface area contributed by atoms with Crippen LogP contribution in [0.4, 0.5) is 4.79 Å². The van der Waals surface area contributed by atoms with E-state index >= 15 is 0 Å². The Labute approximate surface area is 190 Å². The van der Waals surface area contributed by atoms with Crippen LogP contribution in [-0.2, 0) is 15.7 Å². The zero-order chi connectivity index (χ0) is 23.1. The molecule has 0 aromatic heterocycles. The van der Waals surface area contributed by atoms with E-state index in [0.29, 0.717) is 13.2 Å². The topological polar surface area (TPSA) is 42.0 Å². The number of carbonyl (C=O) groups excluding carboxylic acids is 1. The number of hydrogen-bond donors (Lipinski definition) is 0. The van der Waals surface area contributed by atoms with Crippen molar-refractivity contribution in [2.24, 2.45) is 0 Å². The lowest BCUT2D eigenvalue weighted by Gasteiger charge is -2.48. The average Bonchev–Trinajstić information content (AvgIpc) is 3.39. The lowest BCUT2D eigenvalue weighted by atomic mass is 10.0. The Morgan fingerprint density at radius 3 is 2.23 bits per heavy atom. The second-order valence-electron chi connectivity index (χ2n) is 11.9. The fourth-order valence-electron chi connectivity index (χ4n) is 3.95. The van der Waals surface area contributed by atoms with Crippen molar-refractivity contribution < 1.29 is 14.0 Å². The minimum absolute atomic E-state index is 0.0788. The summed E-state index contributed by atoms with van der Waals surface area (Å²) in [6.07, 6.45) is 1.92. The minimum atomic E-state index is -1.88. The lowest BCUT2D eigenvalue weighted by Crippen LogP contribution is -2.63. The highest BCUT2D eigenvalue weighted by atomic mass is 28.4. The van der Waals surface area contributed by atoms with Gasteiger partial charge in [0.25, 0.3) is 0 Å². The van der Waals surface area contributed by atoms with Crippen LogP contribution in [0, 0.1) is 0 Å². The van der Waals surface area contributed by atoms with E-state index < -0.39 is 13.9 Å². The van der Waals surface area contributed by atoms with Gasteiger partial charge >= 0.3 is 6.09 Å². The number of ether oxygens (including phenoxy) is 1. The van der Waals surface area contributed by atoms with Crippen molar-refractivity contribution in [1.29, 1.82) is 0 Å². The molecule has 1 saturated heterocycles. The van der Waals surface area contributed by atoms with Crippen LogP contribution in [-0.4, -0.2) is 61.1 Å². The standard InChI is InChI=1S/C25H42N2O3Si/c1-23(2,3)30-22(28)27-17-21(18-29-31(7,8)24(4,5)6)26(19-25(27)14-15-25)16-20-12-10-9-11-13-20/h9-13,21H,14-19H2,1-8H3. The first-order valence-corrected chi connectivity index (χ1v) is 14.6. The highest BCUT2D eigenvalue weighted by molar-refractivity contribution is 6.74. The first-order valence-electron chi connectivity index (χ1n) is 11.7. The summed E-state index contributed by atoms with van der Waals surface area (Å²) in [5.74, 6) is 0. The number of rotatable bonds is 5. The zero-order valence-electron chi connectivity index (χ0n) is 20.8. The molecule has 1 aromatic carbocycles. The van der Waals surface area contributed by atoms with E-state index in [-0.39, 0.29) is 22.7 Å². The van der Waals surface area contributed by atoms with E-state index in [9.17, 15) is 4.79 Å². The summed E-state index contributed by atoms with van der Waals surface area (Å²) in [6, 6.07) is 10.8. The highest BCUT2D eigenvalue weighted by Crippen LogP contribution is 2.46. The van der Waals surface area contributed by atoms with Gasteiger partial charge in [0.05, 0.1) is 12.1 Å². The maximum Gasteiger partial charge on any atom is 0.410 e. The summed E-state index contributed by atoms with van der Waals surface area (Å²) in [4.78, 5) is 17.6. The third kappa shape index (κ3) is 5.91. The van der Waals surface area contributed by atoms with Crippen molar-refractivity contribution in [2.45, 2.75) is 96.2 Å². The molecular weight excluding hydrogens is 404 g/mol. The molecule has 1 unspecified atom stereocenters. The Kier molecular flexibility index (Phi) is 6.67. The van der Waals surface area contributed by atoms with E-state index in [0.717, 1.165) is 25.9 Å². The molecule has 1 aliphatic carbocycles. The van der Waals surface area contributed by atoms with Gasteiger partial charge in [-0.1, -0.05) is 51.1 Å². The monoisotopic (exact) mass is 446 g/mol. The largest absolute Gasteiger partial charge is 0.444 e. The Morgan fingerprint density at radius 1 is 1.10 bits per heavy atom. The van der Waals surface area contributed by atoms with Gasteiger partial charge in [-0.2, -0.15) is 0 Å². The lowest BCUT2D eigenvalue weighted by molar-refractivity contribution is -0.0334. The summed E-state index contributed by atoms with van der Waals surface area (Å²) < 4.78 is 12.4. The van der Waals surface area contributed by atoms with Gasteiger partial charge < -0.3 is 9.16 Å². The number of hydrogen-bond acceptors (Lipinski definition) is 4. The van der Waals surface area contributed by atoms with Crippen molar-refractivity contribution in [3.8, 4) is 0 Å². The van der Waals surface area contributed by atoms with Crippen LogP contribution >= 0.6 is 0 Å². The molecule has 1 atom stereocenters. The van der Waals surface area contributed by atoms with Crippen molar-refractivity contribution in [2.75, 3.05) is 19.7 Å². The van der Waals surface area contributed by atoms with Gasteiger partial charge in [0, 0.05) is 25.7 Å². The molecule has 1 heterocycles. The summed E-state index contributed by atoms with van der Waals surface area (Å²) in [5, 5.41) is 0.161. The molecule has 5 nitrogen and oxygen atoms in total. The maximum atomic E-state index is 13.1. The summed E-state index contributed by atoms with van der Waals surface area (Å²) >= 11 is 0. The molecule has 31 heavy (non-hydrogen) atoms. The van der Waals surface area contributed by atoms with Gasteiger partial charge in [-0.3, -0.25) is 9.80 Å². The first kappa shape index (κ1) is 24.3. The SMILES string of the molecule is CC(C)(C)OC(=O)N1CC(CO[Si](C)(C)C(C)(C)C)N(Cc2ccccc2)CC12CC2. The molecule has 3 rings (SSSR count). The molecule has 6 heteroatoms. The van der Waals surface area contributed by atoms with E-state index in [1.165, 1.54) is 5.56 Å². The van der Waals surface area contributed by atoms with E-state index in [1.807, 2.05) is 25.7 Å². The van der Waals surface area contributed by atoms with Crippen molar-refractivity contribution in [1.82, 2.24) is 9.80 Å². The Bertz CT molecular complexity index is 763. The Balaban J connectivity index is 1.80. The van der Waals surface area contributed by atoms with E-state index in [1.54, 1.807) is 0 Å². The molecule has 0 N–H and O–H groups in total. The number of benzene rings is 1. The van der Waals surface area contributed by atoms with Gasteiger partial charge in [0.15, 0.2) is 8.32 Å². The molecule has 1 spiro atoms. The van der Waals surface area contributed by atoms with Crippen molar-refractivity contribution in [3.05, 3.63) is 35.9 Å². The molecule has 174 valence electrons. The van der Waals surface area contributed by atoms with Crippen LogP contribution in [0.15, 0.2) is 30.3 Å². The van der Waals surface area contributed by atoms with E-state index in [4.69, 9.17) is 9.16 Å². The van der Waals surface area contributed by atoms with Gasteiger partial charge in [-0.25, -0.2) is 4.79 Å². The van der Waals surface area contributed by atoms with Crippen molar-refractivity contribution in [3.63, 3.8) is 0 Å². The number of amides is 1. The third-order valence-electron chi connectivity index (χ3n) is 7.09. The fourth-order valence-corrected chi connectivity index (χ4v) is 4.99. The van der Waals surface area contributed by atoms with Crippen molar-refractivity contribution >= 4 is 14.4 Å². The summed E-state index contributed by atoms with van der Waals surface area (Å²) in [6.45, 7) is 20.3. The number of nitrogens with zero attached hydrogens (tertiary/aromatic N) is 2. The highest BCUT2D eigenvalue weighted by Gasteiger charge is 2.56. The molecule has 1 aromatic rings. The van der Waals surface area contributed by atoms with Gasteiger partial charge in [0.2, 0.25) is 0 Å². The van der Waals surface area contributed by atoms with Gasteiger partial charge in [0.1, 0.15) is 5.60 Å². The number of carbonyl (C=O) groups is 1. The molecule has 0 bridgehead atoms. The minimum Gasteiger partial charge on any atom is -0.444 e. The Hall–Kier alpha value is -1.37. The number of piperazine rings is 1. The van der Waals surface area contributed by atoms with Crippen LogP contribution in [0.25, 0.3) is 0 Å². The normalized spacial score (nSPS) is 21.9. The predicted molar refractivity (Wildman–Crippen MR) is 129 cm³/mol. The van der Waals surface area contributed by atoms with Crippen LogP contribution in [0.1, 0.15) is 59.9 Å². The van der Waals surface area contributed by atoms with Crippen LogP contribution in [0.5, 0.6) is 0 Å². The molecular formula is C25H42N2O3Si. The van der Waals surface area contributed by atoms with Gasteiger partial charge in [-0.05, 0) is 57.3 Å². The maximum absolute atomic E-state index is 13.1. The molecule has 1 aliphatic heterocycles. The molecule has 1 amide bonds. The van der Waals surface area contributed by atoms with Crippen LogP contribution in [0.3, 0.4) is 0 Å². The van der Waals surface area contributed by atoms with Crippen LogP contribution < -0.4 is 0 Å². The molecule has 2 fully saturated rings. The van der Waals surface area contributed by atoms with Gasteiger partial charge in [-0.15, -0.1) is 0 Å². The predicted octanol–water partition coefficient (Wildman–Crippen LogP) is 5.66. The summed E-state index contributed by atoms with van der Waals surface area (Å²) in [5.41, 5.74) is 0.743. The second-order valence-corrected chi connectivity index (χ2v) is 16.7. The molecule has 2 aliphatic rings. The molecule has 0 radical (unpaired) electrons. The smallest absolute Gasteiger partial charge is 0.410 e. The zero-order valence-corrected chi connectivity index (χ0v) is 21.8. The molecule has 1 saturated carbocycles. The Morgan fingerprint density at radius 2 is 1.71 bits per heavy atom. The summed E-state index contributed by atoms with van der Waals surface area (Å²) in [7, 11) is -1.88. The first-order chi connectivity index (χ1) is 14.2. The third-order valence-corrected chi connectivity index (χ3v) is 11.6. The second kappa shape index (κ2) is 8.52. The quantitative estimate of drug-likeness (QED) is 0.547. The van der Waals surface area contributed by atoms with Crippen LogP contribution in [0.2, 0.25) is 18.1 Å². The van der Waals surface area contributed by atoms with E-state index in [2.05, 4.69) is 69.1 Å². The average molecular weight is 447 g/mol.